The minimum absolute atomic E-state index is 0. The monoisotopic (exact) mass is 586 g/mol. The lowest BCUT2D eigenvalue weighted by molar-refractivity contribution is 0.417. The summed E-state index contributed by atoms with van der Waals surface area (Å²) in [5.74, 6) is 0. The van der Waals surface area contributed by atoms with Crippen LogP contribution in [0.2, 0.25) is 0 Å². The van der Waals surface area contributed by atoms with Crippen LogP contribution < -0.4 is 0 Å². The molecule has 4 aromatic carbocycles. The molecule has 2 aliphatic rings. The molecule has 2 nitrogen and oxygen atoms in total. The van der Waals surface area contributed by atoms with Crippen molar-refractivity contribution in [3.05, 3.63) is 154 Å². The van der Waals surface area contributed by atoms with Crippen LogP contribution in [0.1, 0.15) is 57.3 Å². The van der Waals surface area contributed by atoms with Crippen LogP contribution >= 0.6 is 12.4 Å². The van der Waals surface area contributed by atoms with Gasteiger partial charge in [-0.25, -0.2) is 0 Å². The molecule has 0 amide bonds. The molecule has 0 bridgehead atoms. The molecule has 0 radical (unpaired) electrons. The van der Waals surface area contributed by atoms with Gasteiger partial charge in [-0.15, -0.1) is 12.4 Å². The van der Waals surface area contributed by atoms with Crippen LogP contribution in [0.4, 0.5) is 0 Å². The van der Waals surface area contributed by atoms with E-state index >= 15 is 0 Å². The molecule has 0 saturated heterocycles. The normalized spacial score (nSPS) is 12.5. The highest BCUT2D eigenvalue weighted by atomic mass is 35.5. The van der Waals surface area contributed by atoms with Crippen LogP contribution in [0, 0.1) is 0 Å². The summed E-state index contributed by atoms with van der Waals surface area (Å²) in [6.45, 7) is 2.14. The lowest BCUT2D eigenvalue weighted by Gasteiger charge is -2.13. The van der Waals surface area contributed by atoms with Gasteiger partial charge in [0.05, 0.1) is 0 Å². The summed E-state index contributed by atoms with van der Waals surface area (Å²) in [7, 11) is 8.48. The predicted molar refractivity (Wildman–Crippen MR) is 191 cm³/mol. The Morgan fingerprint density at radius 3 is 0.930 bits per heavy atom. The lowest BCUT2D eigenvalue weighted by atomic mass is 9.93. The Labute approximate surface area is 264 Å². The Bertz CT molecular complexity index is 1410. The van der Waals surface area contributed by atoms with Crippen molar-refractivity contribution in [2.75, 3.05) is 41.3 Å². The molecule has 220 valence electrons. The van der Waals surface area contributed by atoms with Gasteiger partial charge in [-0.2, -0.15) is 0 Å². The molecule has 0 unspecified atom stereocenters. The standard InChI is InChI=1S/2C20H21N.ClH/c2*1-21(2)15-7-12-20-18-10-5-3-8-16(18)13-14-17-9-4-6-11-19(17)20;/h2*3-6,8-14H,7,15H2,1-2H3;1H. The largest absolute Gasteiger partial charge is 0.309 e. The smallest absolute Gasteiger partial charge is 0.00101 e. The number of hydrogen-bond acceptors (Lipinski definition) is 2. The molecular weight excluding hydrogens is 544 g/mol. The minimum Gasteiger partial charge on any atom is -0.309 e. The third-order valence-corrected chi connectivity index (χ3v) is 7.74. The summed E-state index contributed by atoms with van der Waals surface area (Å²) in [6, 6.07) is 34.6. The maximum atomic E-state index is 2.38. The Balaban J connectivity index is 0.000000192. The highest BCUT2D eigenvalue weighted by Gasteiger charge is 2.15. The SMILES string of the molecule is CN(C)CCC=C1c2ccccc2C=Cc2ccccc21.CN(C)CCC=C1c2ccccc2C=Cc2ccccc21.Cl. The molecule has 0 spiro atoms. The van der Waals surface area contributed by atoms with Crippen molar-refractivity contribution in [1.29, 1.82) is 0 Å². The number of nitrogens with zero attached hydrogens (tertiary/aromatic N) is 2. The van der Waals surface area contributed by atoms with Crippen LogP contribution in [-0.4, -0.2) is 51.1 Å². The second kappa shape index (κ2) is 15.5. The van der Waals surface area contributed by atoms with E-state index in [1.807, 2.05) is 0 Å². The molecule has 0 aliphatic heterocycles. The molecule has 0 atom stereocenters. The summed E-state index contributed by atoms with van der Waals surface area (Å²) < 4.78 is 0. The van der Waals surface area contributed by atoms with Crippen molar-refractivity contribution < 1.29 is 0 Å². The van der Waals surface area contributed by atoms with E-state index in [4.69, 9.17) is 0 Å². The zero-order valence-corrected chi connectivity index (χ0v) is 26.6. The van der Waals surface area contributed by atoms with E-state index in [2.05, 4.69) is 172 Å². The van der Waals surface area contributed by atoms with E-state index < -0.39 is 0 Å². The zero-order chi connectivity index (χ0) is 29.3. The van der Waals surface area contributed by atoms with Gasteiger partial charge in [-0.1, -0.05) is 134 Å². The average Bonchev–Trinajstić information content (AvgIpc) is 3.26. The molecule has 0 N–H and O–H groups in total. The van der Waals surface area contributed by atoms with Gasteiger partial charge in [-0.05, 0) is 96.7 Å². The number of halogens is 1. The molecule has 0 fully saturated rings. The topological polar surface area (TPSA) is 6.48 Å². The number of rotatable bonds is 6. The van der Waals surface area contributed by atoms with Crippen LogP contribution in [0.25, 0.3) is 35.5 Å². The molecule has 6 rings (SSSR count). The van der Waals surface area contributed by atoms with Crippen LogP contribution in [0.15, 0.2) is 109 Å². The van der Waals surface area contributed by atoms with Gasteiger partial charge < -0.3 is 9.80 Å². The van der Waals surface area contributed by atoms with E-state index in [0.717, 1.165) is 25.9 Å². The molecule has 0 aromatic heterocycles. The van der Waals surface area contributed by atoms with Crippen molar-refractivity contribution in [3.63, 3.8) is 0 Å². The molecule has 0 saturated carbocycles. The molecular formula is C40H43ClN2. The van der Waals surface area contributed by atoms with Gasteiger partial charge >= 0.3 is 0 Å². The molecule has 2 aliphatic carbocycles. The first kappa shape index (κ1) is 32.0. The van der Waals surface area contributed by atoms with E-state index in [1.165, 1.54) is 55.7 Å². The fraction of sp³-hybridized carbons (Fsp3) is 0.200. The second-order valence-corrected chi connectivity index (χ2v) is 11.4. The number of hydrogen-bond donors (Lipinski definition) is 0. The Kier molecular flexibility index (Phi) is 11.5. The highest BCUT2D eigenvalue weighted by molar-refractivity contribution is 5.94. The maximum Gasteiger partial charge on any atom is 0.00101 e. The van der Waals surface area contributed by atoms with Crippen LogP contribution in [-0.2, 0) is 0 Å². The Morgan fingerprint density at radius 1 is 0.419 bits per heavy atom. The van der Waals surface area contributed by atoms with Crippen molar-refractivity contribution in [2.45, 2.75) is 12.8 Å². The van der Waals surface area contributed by atoms with Gasteiger partial charge in [-0.3, -0.25) is 0 Å². The van der Waals surface area contributed by atoms with Gasteiger partial charge in [0, 0.05) is 13.1 Å². The van der Waals surface area contributed by atoms with Crippen molar-refractivity contribution in [1.82, 2.24) is 9.80 Å². The molecule has 4 aromatic rings. The highest BCUT2D eigenvalue weighted by Crippen LogP contribution is 2.35. The fourth-order valence-corrected chi connectivity index (χ4v) is 5.57. The second-order valence-electron chi connectivity index (χ2n) is 11.4. The lowest BCUT2D eigenvalue weighted by Crippen LogP contribution is -2.12. The summed E-state index contributed by atoms with van der Waals surface area (Å²) in [4.78, 5) is 4.45. The maximum absolute atomic E-state index is 2.38. The van der Waals surface area contributed by atoms with Gasteiger partial charge in [0.1, 0.15) is 0 Å². The zero-order valence-electron chi connectivity index (χ0n) is 25.8. The quantitative estimate of drug-likeness (QED) is 0.192. The first-order chi connectivity index (χ1) is 20.5. The first-order valence-corrected chi connectivity index (χ1v) is 14.9. The van der Waals surface area contributed by atoms with Gasteiger partial charge in [0.2, 0.25) is 0 Å². The number of fused-ring (bicyclic) bond motifs is 4. The Hall–Kier alpha value is -3.95. The third-order valence-electron chi connectivity index (χ3n) is 7.74. The van der Waals surface area contributed by atoms with Crippen LogP contribution in [0.3, 0.4) is 0 Å². The third kappa shape index (κ3) is 8.12. The summed E-state index contributed by atoms with van der Waals surface area (Å²) in [5, 5.41) is 0. The van der Waals surface area contributed by atoms with Crippen molar-refractivity contribution in [3.8, 4) is 0 Å². The molecule has 0 heterocycles. The summed E-state index contributed by atoms with van der Waals surface area (Å²) >= 11 is 0. The first-order valence-electron chi connectivity index (χ1n) is 14.9. The van der Waals surface area contributed by atoms with E-state index in [9.17, 15) is 0 Å². The van der Waals surface area contributed by atoms with Crippen LogP contribution in [0.5, 0.6) is 0 Å². The fourth-order valence-electron chi connectivity index (χ4n) is 5.57. The van der Waals surface area contributed by atoms with Gasteiger partial charge in [0.15, 0.2) is 0 Å². The molecule has 3 heteroatoms. The van der Waals surface area contributed by atoms with Gasteiger partial charge in [0.25, 0.3) is 0 Å². The number of benzene rings is 4. The summed E-state index contributed by atoms with van der Waals surface area (Å²) in [6.07, 6.45) is 15.8. The minimum atomic E-state index is 0. The van der Waals surface area contributed by atoms with E-state index in [1.54, 1.807) is 0 Å². The van der Waals surface area contributed by atoms with Crippen molar-refractivity contribution in [2.24, 2.45) is 0 Å². The average molecular weight is 587 g/mol. The van der Waals surface area contributed by atoms with Crippen molar-refractivity contribution >= 4 is 47.9 Å². The molecule has 43 heavy (non-hydrogen) atoms. The predicted octanol–water partition coefficient (Wildman–Crippen LogP) is 9.53. The van der Waals surface area contributed by atoms with E-state index in [-0.39, 0.29) is 12.4 Å². The Morgan fingerprint density at radius 2 is 0.674 bits per heavy atom. The van der Waals surface area contributed by atoms with E-state index in [0.29, 0.717) is 0 Å². The summed E-state index contributed by atoms with van der Waals surface area (Å²) in [5.41, 5.74) is 13.2.